The topological polar surface area (TPSA) is 95.6 Å². The van der Waals surface area contributed by atoms with E-state index < -0.39 is 16.1 Å². The van der Waals surface area contributed by atoms with E-state index in [1.807, 2.05) is 26.0 Å². The fourth-order valence-electron chi connectivity index (χ4n) is 3.02. The van der Waals surface area contributed by atoms with Crippen LogP contribution in [0.25, 0.3) is 0 Å². The van der Waals surface area contributed by atoms with Gasteiger partial charge in [0.2, 0.25) is 15.9 Å². The van der Waals surface area contributed by atoms with Crippen LogP contribution in [0.1, 0.15) is 50.5 Å². The molecular weight excluding hydrogens is 426 g/mol. The quantitative estimate of drug-likeness (QED) is 0.661. The predicted molar refractivity (Wildman–Crippen MR) is 127 cm³/mol. The van der Waals surface area contributed by atoms with Gasteiger partial charge in [0.25, 0.3) is 5.91 Å². The number of nitrogens with zero attached hydrogens (tertiary/aromatic N) is 1. The Morgan fingerprint density at radius 2 is 1.44 bits per heavy atom. The molecule has 0 bridgehead atoms. The molecule has 0 spiro atoms. The highest BCUT2D eigenvalue weighted by atomic mass is 32.2. The molecular formula is C24H33N3O4S. The molecule has 32 heavy (non-hydrogen) atoms. The van der Waals surface area contributed by atoms with Crippen LogP contribution in [0.3, 0.4) is 0 Å². The Balaban J connectivity index is 2.12. The Kier molecular flexibility index (Phi) is 7.85. The lowest BCUT2D eigenvalue weighted by Gasteiger charge is -2.22. The molecule has 0 aliphatic heterocycles. The monoisotopic (exact) mass is 459 g/mol. The van der Waals surface area contributed by atoms with Gasteiger partial charge in [-0.2, -0.15) is 0 Å². The Labute approximate surface area is 191 Å². The van der Waals surface area contributed by atoms with E-state index in [0.29, 0.717) is 11.3 Å². The first-order valence-corrected chi connectivity index (χ1v) is 11.9. The third kappa shape index (κ3) is 6.17. The van der Waals surface area contributed by atoms with E-state index in [4.69, 9.17) is 0 Å². The normalized spacial score (nSPS) is 13.2. The summed E-state index contributed by atoms with van der Waals surface area (Å²) in [5.74, 6) is -0.851. The number of benzene rings is 2. The SMILES string of the molecule is CC(C)[C@@H](NC(=O)c1ccc(C(C)(C)C)cc1)C(=O)Nc1ccc(S(=O)(=O)N(C)C)cc1. The first-order chi connectivity index (χ1) is 14.7. The van der Waals surface area contributed by atoms with Gasteiger partial charge in [-0.15, -0.1) is 0 Å². The number of carbonyl (C=O) groups excluding carboxylic acids is 2. The summed E-state index contributed by atoms with van der Waals surface area (Å²) in [6, 6.07) is 12.5. The van der Waals surface area contributed by atoms with E-state index in [-0.39, 0.29) is 28.0 Å². The van der Waals surface area contributed by atoms with Crippen LogP contribution in [0.4, 0.5) is 5.69 Å². The third-order valence-corrected chi connectivity index (χ3v) is 6.98. The lowest BCUT2D eigenvalue weighted by Crippen LogP contribution is -2.47. The number of rotatable bonds is 7. The van der Waals surface area contributed by atoms with Crippen molar-refractivity contribution >= 4 is 27.5 Å². The highest BCUT2D eigenvalue weighted by Gasteiger charge is 2.25. The maximum Gasteiger partial charge on any atom is 0.251 e. The van der Waals surface area contributed by atoms with E-state index in [1.165, 1.54) is 38.4 Å². The summed E-state index contributed by atoms with van der Waals surface area (Å²) in [4.78, 5) is 25.7. The molecule has 0 aliphatic carbocycles. The van der Waals surface area contributed by atoms with Crippen molar-refractivity contribution < 1.29 is 18.0 Å². The van der Waals surface area contributed by atoms with Gasteiger partial charge in [-0.05, 0) is 53.3 Å². The zero-order chi connectivity index (χ0) is 24.3. The predicted octanol–water partition coefficient (Wildman–Crippen LogP) is 3.63. The minimum Gasteiger partial charge on any atom is -0.340 e. The Bertz CT molecular complexity index is 1050. The van der Waals surface area contributed by atoms with Crippen LogP contribution >= 0.6 is 0 Å². The average Bonchev–Trinajstić information content (AvgIpc) is 2.71. The van der Waals surface area contributed by atoms with Gasteiger partial charge in [0.15, 0.2) is 0 Å². The highest BCUT2D eigenvalue weighted by Crippen LogP contribution is 2.22. The molecule has 0 fully saturated rings. The summed E-state index contributed by atoms with van der Waals surface area (Å²) >= 11 is 0. The van der Waals surface area contributed by atoms with Crippen LogP contribution in [0, 0.1) is 5.92 Å². The van der Waals surface area contributed by atoms with Crippen LogP contribution in [-0.4, -0.2) is 44.7 Å². The Morgan fingerprint density at radius 3 is 1.88 bits per heavy atom. The fourth-order valence-corrected chi connectivity index (χ4v) is 3.92. The third-order valence-electron chi connectivity index (χ3n) is 5.15. The molecule has 8 heteroatoms. The van der Waals surface area contributed by atoms with Crippen molar-refractivity contribution in [3.8, 4) is 0 Å². The van der Waals surface area contributed by atoms with Crippen molar-refractivity contribution in [2.24, 2.45) is 5.92 Å². The zero-order valence-corrected chi connectivity index (χ0v) is 20.6. The fraction of sp³-hybridized carbons (Fsp3) is 0.417. The van der Waals surface area contributed by atoms with Crippen molar-refractivity contribution in [1.29, 1.82) is 0 Å². The first-order valence-electron chi connectivity index (χ1n) is 10.5. The number of amides is 2. The van der Waals surface area contributed by atoms with E-state index in [1.54, 1.807) is 12.1 Å². The van der Waals surface area contributed by atoms with E-state index in [9.17, 15) is 18.0 Å². The van der Waals surface area contributed by atoms with Crippen LogP contribution < -0.4 is 10.6 Å². The lowest BCUT2D eigenvalue weighted by atomic mass is 9.86. The van der Waals surface area contributed by atoms with Crippen molar-refractivity contribution in [3.63, 3.8) is 0 Å². The molecule has 0 unspecified atom stereocenters. The first kappa shape index (κ1) is 25.5. The van der Waals surface area contributed by atoms with Crippen LogP contribution in [0.2, 0.25) is 0 Å². The second-order valence-corrected chi connectivity index (χ2v) is 11.5. The van der Waals surface area contributed by atoms with Gasteiger partial charge >= 0.3 is 0 Å². The molecule has 2 amide bonds. The van der Waals surface area contributed by atoms with Crippen LogP contribution in [0.5, 0.6) is 0 Å². The standard InChI is InChI=1S/C24H33N3O4S/c1-16(2)21(26-22(28)17-8-10-18(11-9-17)24(3,4)5)23(29)25-19-12-14-20(15-13-19)32(30,31)27(6)7/h8-16,21H,1-7H3,(H,25,29)(H,26,28)/t21-/m1/s1. The lowest BCUT2D eigenvalue weighted by molar-refractivity contribution is -0.118. The van der Waals surface area contributed by atoms with E-state index in [2.05, 4.69) is 31.4 Å². The summed E-state index contributed by atoms with van der Waals surface area (Å²) < 4.78 is 25.5. The number of sulfonamides is 1. The number of carbonyl (C=O) groups is 2. The molecule has 0 heterocycles. The minimum atomic E-state index is -3.55. The second-order valence-electron chi connectivity index (χ2n) is 9.32. The molecule has 2 N–H and O–H groups in total. The number of nitrogens with one attached hydrogen (secondary N) is 2. The summed E-state index contributed by atoms with van der Waals surface area (Å²) in [6.07, 6.45) is 0. The van der Waals surface area contributed by atoms with Crippen LogP contribution in [0.15, 0.2) is 53.4 Å². The Hall–Kier alpha value is -2.71. The molecule has 7 nitrogen and oxygen atoms in total. The molecule has 174 valence electrons. The van der Waals surface area contributed by atoms with Gasteiger partial charge in [-0.1, -0.05) is 46.8 Å². The molecule has 0 aromatic heterocycles. The van der Waals surface area contributed by atoms with Crippen LogP contribution in [-0.2, 0) is 20.2 Å². The molecule has 0 radical (unpaired) electrons. The zero-order valence-electron chi connectivity index (χ0n) is 19.8. The molecule has 0 saturated heterocycles. The molecule has 0 aliphatic rings. The average molecular weight is 460 g/mol. The van der Waals surface area contributed by atoms with Crippen molar-refractivity contribution in [1.82, 2.24) is 9.62 Å². The van der Waals surface area contributed by atoms with E-state index >= 15 is 0 Å². The number of anilines is 1. The van der Waals surface area contributed by atoms with Crippen molar-refractivity contribution in [2.45, 2.75) is 51.0 Å². The minimum absolute atomic E-state index is 0.0171. The molecule has 2 rings (SSSR count). The van der Waals surface area contributed by atoms with Gasteiger partial charge in [-0.3, -0.25) is 9.59 Å². The highest BCUT2D eigenvalue weighted by molar-refractivity contribution is 7.89. The van der Waals surface area contributed by atoms with Gasteiger partial charge in [0.1, 0.15) is 6.04 Å². The second kappa shape index (κ2) is 9.83. The molecule has 2 aromatic rings. The van der Waals surface area contributed by atoms with Gasteiger partial charge in [0, 0.05) is 25.3 Å². The summed E-state index contributed by atoms with van der Waals surface area (Å²) in [5.41, 5.74) is 2.03. The molecule has 1 atom stereocenters. The van der Waals surface area contributed by atoms with Crippen molar-refractivity contribution in [3.05, 3.63) is 59.7 Å². The molecule has 2 aromatic carbocycles. The largest absolute Gasteiger partial charge is 0.340 e. The summed E-state index contributed by atoms with van der Waals surface area (Å²) in [7, 11) is -0.635. The Morgan fingerprint density at radius 1 is 0.906 bits per heavy atom. The summed E-state index contributed by atoms with van der Waals surface area (Å²) in [5, 5.41) is 5.56. The maximum absolute atomic E-state index is 12.8. The van der Waals surface area contributed by atoms with Crippen molar-refractivity contribution in [2.75, 3.05) is 19.4 Å². The van der Waals surface area contributed by atoms with Gasteiger partial charge < -0.3 is 10.6 Å². The van der Waals surface area contributed by atoms with E-state index in [0.717, 1.165) is 9.87 Å². The smallest absolute Gasteiger partial charge is 0.251 e. The maximum atomic E-state index is 12.8. The van der Waals surface area contributed by atoms with Gasteiger partial charge in [-0.25, -0.2) is 12.7 Å². The number of hydrogen-bond donors (Lipinski definition) is 2. The van der Waals surface area contributed by atoms with Gasteiger partial charge in [0.05, 0.1) is 4.90 Å². The number of hydrogen-bond acceptors (Lipinski definition) is 4. The molecule has 0 saturated carbocycles. The summed E-state index contributed by atoms with van der Waals surface area (Å²) in [6.45, 7) is 10.00.